The van der Waals surface area contributed by atoms with Crippen molar-refractivity contribution >= 4 is 11.5 Å². The number of aromatic nitrogens is 1. The molecule has 2 heterocycles. The van der Waals surface area contributed by atoms with Crippen molar-refractivity contribution in [2.45, 2.75) is 25.7 Å². The lowest BCUT2D eigenvalue weighted by Crippen LogP contribution is -2.47. The first kappa shape index (κ1) is 12.7. The zero-order valence-corrected chi connectivity index (χ0v) is 11.6. The second kappa shape index (κ2) is 5.78. The number of nitrogens with two attached hydrogens (primary N) is 1. The van der Waals surface area contributed by atoms with E-state index in [2.05, 4.69) is 20.9 Å². The summed E-state index contributed by atoms with van der Waals surface area (Å²) in [5, 5.41) is 0. The van der Waals surface area contributed by atoms with Crippen molar-refractivity contribution in [2.24, 2.45) is 5.92 Å². The van der Waals surface area contributed by atoms with Crippen molar-refractivity contribution in [2.75, 3.05) is 43.4 Å². The van der Waals surface area contributed by atoms with E-state index < -0.39 is 0 Å². The van der Waals surface area contributed by atoms with Gasteiger partial charge in [0.25, 0.3) is 0 Å². The summed E-state index contributed by atoms with van der Waals surface area (Å²) in [4.78, 5) is 9.23. The quantitative estimate of drug-likeness (QED) is 0.902. The van der Waals surface area contributed by atoms with Gasteiger partial charge in [-0.05, 0) is 30.9 Å². The monoisotopic (exact) mass is 260 g/mol. The number of piperazine rings is 1. The first-order valence-corrected chi connectivity index (χ1v) is 7.50. The van der Waals surface area contributed by atoms with E-state index >= 15 is 0 Å². The minimum absolute atomic E-state index is 0.601. The number of nitrogens with zero attached hydrogens (tertiary/aromatic N) is 3. The van der Waals surface area contributed by atoms with Crippen LogP contribution >= 0.6 is 0 Å². The van der Waals surface area contributed by atoms with E-state index in [1.807, 2.05) is 12.3 Å². The summed E-state index contributed by atoms with van der Waals surface area (Å²) in [7, 11) is 0. The molecule has 0 bridgehead atoms. The van der Waals surface area contributed by atoms with Gasteiger partial charge in [0, 0.05) is 32.7 Å². The van der Waals surface area contributed by atoms with Crippen LogP contribution in [0.25, 0.3) is 0 Å². The second-order valence-corrected chi connectivity index (χ2v) is 5.88. The smallest absolute Gasteiger partial charge is 0.123 e. The maximum Gasteiger partial charge on any atom is 0.123 e. The van der Waals surface area contributed by atoms with E-state index in [0.29, 0.717) is 5.82 Å². The van der Waals surface area contributed by atoms with Gasteiger partial charge in [-0.1, -0.05) is 12.8 Å². The lowest BCUT2D eigenvalue weighted by Gasteiger charge is -2.37. The zero-order chi connectivity index (χ0) is 13.1. The Morgan fingerprint density at radius 1 is 1.11 bits per heavy atom. The molecule has 0 unspecified atom stereocenters. The highest BCUT2D eigenvalue weighted by Gasteiger charge is 2.22. The molecule has 104 valence electrons. The van der Waals surface area contributed by atoms with Crippen molar-refractivity contribution in [1.82, 2.24) is 9.88 Å². The summed E-state index contributed by atoms with van der Waals surface area (Å²) >= 11 is 0. The molecule has 19 heavy (non-hydrogen) atoms. The highest BCUT2D eigenvalue weighted by atomic mass is 15.3. The van der Waals surface area contributed by atoms with E-state index in [0.717, 1.165) is 19.0 Å². The predicted molar refractivity (Wildman–Crippen MR) is 79.3 cm³/mol. The van der Waals surface area contributed by atoms with Gasteiger partial charge in [-0.3, -0.25) is 4.90 Å². The number of hydrogen-bond donors (Lipinski definition) is 1. The molecule has 1 aliphatic heterocycles. The highest BCUT2D eigenvalue weighted by molar-refractivity contribution is 5.48. The van der Waals surface area contributed by atoms with Crippen molar-refractivity contribution in [3.05, 3.63) is 18.3 Å². The Morgan fingerprint density at radius 3 is 2.47 bits per heavy atom. The SMILES string of the molecule is Nc1ccc(N2CCN(CC3CCCC3)CC2)cn1. The van der Waals surface area contributed by atoms with Crippen LogP contribution in [0.15, 0.2) is 18.3 Å². The molecule has 1 aromatic rings. The van der Waals surface area contributed by atoms with E-state index in [9.17, 15) is 0 Å². The van der Waals surface area contributed by atoms with E-state index in [1.54, 1.807) is 0 Å². The topological polar surface area (TPSA) is 45.4 Å². The molecule has 1 aromatic heterocycles. The first-order chi connectivity index (χ1) is 9.31. The maximum atomic E-state index is 5.63. The summed E-state index contributed by atoms with van der Waals surface area (Å²) in [6.07, 6.45) is 7.68. The lowest BCUT2D eigenvalue weighted by molar-refractivity contribution is 0.220. The fourth-order valence-corrected chi connectivity index (χ4v) is 3.33. The fourth-order valence-electron chi connectivity index (χ4n) is 3.33. The third kappa shape index (κ3) is 3.18. The summed E-state index contributed by atoms with van der Waals surface area (Å²) in [6, 6.07) is 3.97. The Morgan fingerprint density at radius 2 is 1.84 bits per heavy atom. The fraction of sp³-hybridized carbons (Fsp3) is 0.667. The van der Waals surface area contributed by atoms with Gasteiger partial charge in [-0.15, -0.1) is 0 Å². The molecule has 0 atom stereocenters. The molecule has 0 amide bonds. The van der Waals surface area contributed by atoms with Crippen LogP contribution in [0.5, 0.6) is 0 Å². The van der Waals surface area contributed by atoms with Gasteiger partial charge in [-0.2, -0.15) is 0 Å². The molecular formula is C15H24N4. The van der Waals surface area contributed by atoms with Gasteiger partial charge in [0.15, 0.2) is 0 Å². The molecule has 1 saturated carbocycles. The van der Waals surface area contributed by atoms with Crippen LogP contribution in [0.1, 0.15) is 25.7 Å². The Kier molecular flexibility index (Phi) is 3.87. The van der Waals surface area contributed by atoms with Crippen molar-refractivity contribution < 1.29 is 0 Å². The number of pyridine rings is 1. The van der Waals surface area contributed by atoms with Gasteiger partial charge in [0.2, 0.25) is 0 Å². The standard InChI is InChI=1S/C15H24N4/c16-15-6-5-14(11-17-15)19-9-7-18(8-10-19)12-13-3-1-2-4-13/h5-6,11,13H,1-4,7-10,12H2,(H2,16,17). The summed E-state index contributed by atoms with van der Waals surface area (Å²) in [6.45, 7) is 5.90. The van der Waals surface area contributed by atoms with Crippen LogP contribution in [-0.4, -0.2) is 42.6 Å². The maximum absolute atomic E-state index is 5.63. The van der Waals surface area contributed by atoms with Crippen LogP contribution < -0.4 is 10.6 Å². The minimum Gasteiger partial charge on any atom is -0.384 e. The van der Waals surface area contributed by atoms with Crippen LogP contribution in [0.2, 0.25) is 0 Å². The number of nitrogen functional groups attached to an aromatic ring is 1. The molecular weight excluding hydrogens is 236 g/mol. The molecule has 2 fully saturated rings. The van der Waals surface area contributed by atoms with Gasteiger partial charge in [0.1, 0.15) is 5.82 Å². The van der Waals surface area contributed by atoms with Crippen molar-refractivity contribution in [3.63, 3.8) is 0 Å². The molecule has 4 heteroatoms. The first-order valence-electron chi connectivity index (χ1n) is 7.50. The van der Waals surface area contributed by atoms with Crippen LogP contribution in [-0.2, 0) is 0 Å². The summed E-state index contributed by atoms with van der Waals surface area (Å²) in [5.41, 5.74) is 6.84. The third-order valence-corrected chi connectivity index (χ3v) is 4.50. The predicted octanol–water partition coefficient (Wildman–Crippen LogP) is 1.98. The third-order valence-electron chi connectivity index (χ3n) is 4.50. The number of hydrogen-bond acceptors (Lipinski definition) is 4. The molecule has 0 radical (unpaired) electrons. The molecule has 2 N–H and O–H groups in total. The Hall–Kier alpha value is -1.29. The molecule has 0 spiro atoms. The largest absolute Gasteiger partial charge is 0.384 e. The van der Waals surface area contributed by atoms with Gasteiger partial charge >= 0.3 is 0 Å². The number of rotatable bonds is 3. The van der Waals surface area contributed by atoms with E-state index in [1.165, 1.54) is 51.0 Å². The average Bonchev–Trinajstić information content (AvgIpc) is 2.94. The van der Waals surface area contributed by atoms with Crippen molar-refractivity contribution in [3.8, 4) is 0 Å². The van der Waals surface area contributed by atoms with Crippen LogP contribution in [0, 0.1) is 5.92 Å². The van der Waals surface area contributed by atoms with E-state index in [-0.39, 0.29) is 0 Å². The summed E-state index contributed by atoms with van der Waals surface area (Å²) < 4.78 is 0. The Labute approximate surface area is 115 Å². The van der Waals surface area contributed by atoms with Gasteiger partial charge in [0.05, 0.1) is 11.9 Å². The second-order valence-electron chi connectivity index (χ2n) is 5.88. The zero-order valence-electron chi connectivity index (χ0n) is 11.6. The van der Waals surface area contributed by atoms with Crippen LogP contribution in [0.3, 0.4) is 0 Å². The van der Waals surface area contributed by atoms with E-state index in [4.69, 9.17) is 5.73 Å². The molecule has 0 aromatic carbocycles. The number of anilines is 2. The minimum atomic E-state index is 0.601. The van der Waals surface area contributed by atoms with Gasteiger partial charge < -0.3 is 10.6 Å². The summed E-state index contributed by atoms with van der Waals surface area (Å²) in [5.74, 6) is 1.56. The highest BCUT2D eigenvalue weighted by Crippen LogP contribution is 2.26. The molecule has 3 rings (SSSR count). The molecule has 1 saturated heterocycles. The molecule has 1 aliphatic carbocycles. The molecule has 4 nitrogen and oxygen atoms in total. The lowest BCUT2D eigenvalue weighted by atomic mass is 10.1. The molecule has 2 aliphatic rings. The van der Waals surface area contributed by atoms with Gasteiger partial charge in [-0.25, -0.2) is 4.98 Å². The normalized spacial score (nSPS) is 22.0. The van der Waals surface area contributed by atoms with Crippen molar-refractivity contribution in [1.29, 1.82) is 0 Å². The average molecular weight is 260 g/mol. The Balaban J connectivity index is 1.50. The van der Waals surface area contributed by atoms with Crippen LogP contribution in [0.4, 0.5) is 11.5 Å². The Bertz CT molecular complexity index is 389.